The van der Waals surface area contributed by atoms with Gasteiger partial charge in [-0.3, -0.25) is 9.59 Å². The van der Waals surface area contributed by atoms with Gasteiger partial charge >= 0.3 is 0 Å². The lowest BCUT2D eigenvalue weighted by molar-refractivity contribution is -0.115. The molecule has 0 spiro atoms. The van der Waals surface area contributed by atoms with Crippen LogP contribution in [0.3, 0.4) is 0 Å². The first-order valence-corrected chi connectivity index (χ1v) is 6.92. The highest BCUT2D eigenvalue weighted by molar-refractivity contribution is 9.10. The number of furan rings is 1. The van der Waals surface area contributed by atoms with E-state index in [9.17, 15) is 14.0 Å². The Bertz CT molecular complexity index is 690. The van der Waals surface area contributed by atoms with Crippen molar-refractivity contribution >= 4 is 45.0 Å². The van der Waals surface area contributed by atoms with Gasteiger partial charge in [-0.1, -0.05) is 17.7 Å². The lowest BCUT2D eigenvalue weighted by Gasteiger charge is -2.07. The Morgan fingerprint density at radius 1 is 1.29 bits per heavy atom. The molecule has 0 saturated carbocycles. The number of carbonyl (C=O) groups excluding carboxylic acids is 2. The van der Waals surface area contributed by atoms with Gasteiger partial charge in [-0.25, -0.2) is 4.39 Å². The molecule has 2 N–H and O–H groups in total. The van der Waals surface area contributed by atoms with E-state index < -0.39 is 17.6 Å². The molecule has 5 nitrogen and oxygen atoms in total. The molecular weight excluding hydrogens is 367 g/mol. The normalized spacial score (nSPS) is 10.2. The predicted molar refractivity (Wildman–Crippen MR) is 78.8 cm³/mol. The van der Waals surface area contributed by atoms with Crippen LogP contribution in [0.2, 0.25) is 5.02 Å². The van der Waals surface area contributed by atoms with Crippen molar-refractivity contribution in [2.75, 3.05) is 11.9 Å². The average molecular weight is 376 g/mol. The highest BCUT2D eigenvalue weighted by Crippen LogP contribution is 2.21. The van der Waals surface area contributed by atoms with E-state index in [1.54, 1.807) is 6.07 Å². The second-order valence-electron chi connectivity index (χ2n) is 3.94. The predicted octanol–water partition coefficient (Wildman–Crippen LogP) is 3.20. The van der Waals surface area contributed by atoms with Crippen molar-refractivity contribution in [3.63, 3.8) is 0 Å². The van der Waals surface area contributed by atoms with Gasteiger partial charge in [0.2, 0.25) is 5.91 Å². The molecule has 2 amide bonds. The van der Waals surface area contributed by atoms with Crippen LogP contribution >= 0.6 is 27.5 Å². The molecule has 0 fully saturated rings. The fourth-order valence-corrected chi connectivity index (χ4v) is 1.96. The van der Waals surface area contributed by atoms with Crippen molar-refractivity contribution in [3.8, 4) is 0 Å². The van der Waals surface area contributed by atoms with E-state index in [0.29, 0.717) is 4.67 Å². The summed E-state index contributed by atoms with van der Waals surface area (Å²) in [5.41, 5.74) is -0.0532. The Hall–Kier alpha value is -1.86. The number of hydrogen-bond acceptors (Lipinski definition) is 3. The van der Waals surface area contributed by atoms with Crippen molar-refractivity contribution in [2.24, 2.45) is 0 Å². The molecule has 1 aromatic heterocycles. The quantitative estimate of drug-likeness (QED) is 0.862. The van der Waals surface area contributed by atoms with Crippen LogP contribution in [0.1, 0.15) is 10.6 Å². The molecule has 0 aliphatic carbocycles. The van der Waals surface area contributed by atoms with E-state index in [2.05, 4.69) is 26.6 Å². The number of rotatable bonds is 4. The number of anilines is 1. The summed E-state index contributed by atoms with van der Waals surface area (Å²) in [5.74, 6) is -1.81. The van der Waals surface area contributed by atoms with Crippen LogP contribution in [-0.2, 0) is 4.79 Å². The van der Waals surface area contributed by atoms with Gasteiger partial charge in [-0.15, -0.1) is 0 Å². The van der Waals surface area contributed by atoms with Crippen molar-refractivity contribution < 1.29 is 18.4 Å². The molecule has 8 heteroatoms. The Balaban J connectivity index is 1.90. The summed E-state index contributed by atoms with van der Waals surface area (Å²) in [6.45, 7) is -0.330. The minimum absolute atomic E-state index is 0.0532. The minimum Gasteiger partial charge on any atom is -0.444 e. The number of carbonyl (C=O) groups is 2. The zero-order valence-corrected chi connectivity index (χ0v) is 12.8. The van der Waals surface area contributed by atoms with Gasteiger partial charge in [0.1, 0.15) is 0 Å². The summed E-state index contributed by atoms with van der Waals surface area (Å²) in [6.07, 6.45) is 0. The summed E-state index contributed by atoms with van der Waals surface area (Å²) in [4.78, 5) is 23.3. The molecule has 0 bridgehead atoms. The van der Waals surface area contributed by atoms with E-state index in [-0.39, 0.29) is 23.0 Å². The topological polar surface area (TPSA) is 71.3 Å². The van der Waals surface area contributed by atoms with Crippen molar-refractivity contribution in [3.05, 3.63) is 51.6 Å². The second-order valence-corrected chi connectivity index (χ2v) is 5.12. The van der Waals surface area contributed by atoms with Crippen LogP contribution in [-0.4, -0.2) is 18.4 Å². The van der Waals surface area contributed by atoms with Gasteiger partial charge < -0.3 is 15.1 Å². The van der Waals surface area contributed by atoms with E-state index in [1.807, 2.05) is 0 Å². The fourth-order valence-electron chi connectivity index (χ4n) is 1.48. The van der Waals surface area contributed by atoms with E-state index in [4.69, 9.17) is 16.0 Å². The molecule has 2 aromatic rings. The first-order chi connectivity index (χ1) is 9.97. The molecule has 1 aromatic carbocycles. The fraction of sp³-hybridized carbons (Fsp3) is 0.0769. The smallest absolute Gasteiger partial charge is 0.287 e. The maximum absolute atomic E-state index is 13.6. The third kappa shape index (κ3) is 4.05. The molecule has 0 radical (unpaired) electrons. The van der Waals surface area contributed by atoms with Gasteiger partial charge in [0, 0.05) is 0 Å². The van der Waals surface area contributed by atoms with Gasteiger partial charge in [0.05, 0.1) is 17.3 Å². The Kier molecular flexibility index (Phi) is 4.98. The zero-order valence-electron chi connectivity index (χ0n) is 10.5. The number of hydrogen-bond donors (Lipinski definition) is 2. The molecule has 0 unspecified atom stereocenters. The Morgan fingerprint density at radius 3 is 2.71 bits per heavy atom. The van der Waals surface area contributed by atoms with Crippen LogP contribution in [0.15, 0.2) is 39.4 Å². The first-order valence-electron chi connectivity index (χ1n) is 5.75. The lowest BCUT2D eigenvalue weighted by atomic mass is 10.3. The summed E-state index contributed by atoms with van der Waals surface area (Å²) < 4.78 is 19.0. The molecule has 0 aliphatic rings. The number of amides is 2. The Labute approximate surface area is 132 Å². The molecule has 1 heterocycles. The highest BCUT2D eigenvalue weighted by atomic mass is 79.9. The van der Waals surface area contributed by atoms with Crippen molar-refractivity contribution in [1.29, 1.82) is 0 Å². The maximum atomic E-state index is 13.6. The molecule has 0 saturated heterocycles. The monoisotopic (exact) mass is 374 g/mol. The van der Waals surface area contributed by atoms with Crippen LogP contribution in [0.5, 0.6) is 0 Å². The van der Waals surface area contributed by atoms with Gasteiger partial charge in [-0.05, 0) is 40.2 Å². The largest absolute Gasteiger partial charge is 0.444 e. The van der Waals surface area contributed by atoms with Crippen LogP contribution < -0.4 is 10.6 Å². The molecular formula is C13H9BrClFN2O3. The van der Waals surface area contributed by atoms with Crippen LogP contribution in [0, 0.1) is 5.82 Å². The Morgan fingerprint density at radius 2 is 2.05 bits per heavy atom. The van der Waals surface area contributed by atoms with Gasteiger partial charge in [0.25, 0.3) is 5.91 Å². The van der Waals surface area contributed by atoms with Gasteiger partial charge in [-0.2, -0.15) is 0 Å². The maximum Gasteiger partial charge on any atom is 0.287 e. The minimum atomic E-state index is -0.728. The average Bonchev–Trinajstić information content (AvgIpc) is 2.88. The number of halogens is 3. The van der Waals surface area contributed by atoms with E-state index in [1.165, 1.54) is 24.3 Å². The van der Waals surface area contributed by atoms with Crippen LogP contribution in [0.25, 0.3) is 0 Å². The first kappa shape index (κ1) is 15.5. The molecule has 2 rings (SSSR count). The third-order valence-electron chi connectivity index (χ3n) is 2.43. The molecule has 0 atom stereocenters. The third-order valence-corrected chi connectivity index (χ3v) is 3.15. The lowest BCUT2D eigenvalue weighted by Crippen LogP contribution is -2.32. The summed E-state index contributed by atoms with van der Waals surface area (Å²) in [7, 11) is 0. The molecule has 110 valence electrons. The highest BCUT2D eigenvalue weighted by Gasteiger charge is 2.13. The number of benzene rings is 1. The van der Waals surface area contributed by atoms with Gasteiger partial charge in [0.15, 0.2) is 16.2 Å². The summed E-state index contributed by atoms with van der Waals surface area (Å²) in [5, 5.41) is 4.56. The zero-order chi connectivity index (χ0) is 15.4. The van der Waals surface area contributed by atoms with E-state index >= 15 is 0 Å². The SMILES string of the molecule is O=C(CNC(=O)c1ccc(Br)o1)Nc1cccc(Cl)c1F. The summed E-state index contributed by atoms with van der Waals surface area (Å²) in [6, 6.07) is 7.23. The van der Waals surface area contributed by atoms with E-state index in [0.717, 1.165) is 0 Å². The van der Waals surface area contributed by atoms with Crippen LogP contribution in [0.4, 0.5) is 10.1 Å². The number of nitrogens with one attached hydrogen (secondary N) is 2. The molecule has 0 aliphatic heterocycles. The standard InChI is InChI=1S/C13H9BrClFN2O3/c14-10-5-4-9(21-10)13(20)17-6-11(19)18-8-3-1-2-7(15)12(8)16/h1-5H,6H2,(H,17,20)(H,18,19). The van der Waals surface area contributed by atoms with Crippen molar-refractivity contribution in [1.82, 2.24) is 5.32 Å². The summed E-state index contributed by atoms with van der Waals surface area (Å²) >= 11 is 8.65. The molecule has 21 heavy (non-hydrogen) atoms. The second kappa shape index (κ2) is 6.73. The van der Waals surface area contributed by atoms with Crippen molar-refractivity contribution in [2.45, 2.75) is 0 Å².